The van der Waals surface area contributed by atoms with Gasteiger partial charge in [0.05, 0.1) is 5.52 Å². The van der Waals surface area contributed by atoms with Gasteiger partial charge in [0.25, 0.3) is 0 Å². The molecule has 2 nitrogen and oxygen atoms in total. The average Bonchev–Trinajstić information content (AvgIpc) is 2.31. The van der Waals surface area contributed by atoms with E-state index in [1.165, 1.54) is 0 Å². The first-order valence-electron chi connectivity index (χ1n) is 3.30. The van der Waals surface area contributed by atoms with Gasteiger partial charge in [-0.05, 0) is 28.1 Å². The zero-order valence-corrected chi connectivity index (χ0v) is 8.58. The number of fused-ring (bicyclic) bond motifs is 1. The van der Waals surface area contributed by atoms with Crippen LogP contribution in [-0.4, -0.2) is 4.98 Å². The Morgan fingerprint density at radius 3 is 2.75 bits per heavy atom. The number of nitrogen functional groups attached to an aromatic ring is 1. The van der Waals surface area contributed by atoms with Crippen LogP contribution in [0.5, 0.6) is 0 Å². The molecule has 0 unspecified atom stereocenters. The molecule has 1 aromatic heterocycles. The first kappa shape index (κ1) is 9.42. The highest BCUT2D eigenvalue weighted by Gasteiger charge is 1.99. The summed E-state index contributed by atoms with van der Waals surface area (Å²) in [6.45, 7) is 0. The lowest BCUT2D eigenvalue weighted by Crippen LogP contribution is -1.80. The number of aromatic nitrogens is 1. The van der Waals surface area contributed by atoms with Crippen molar-refractivity contribution in [3.05, 3.63) is 28.7 Å². The third-order valence-corrected chi connectivity index (χ3v) is 2.29. The maximum atomic E-state index is 5.58. The quantitative estimate of drug-likeness (QED) is 0.738. The van der Waals surface area contributed by atoms with E-state index in [1.54, 1.807) is 0 Å². The molecule has 2 aromatic rings. The second kappa shape index (κ2) is 3.37. The third kappa shape index (κ3) is 1.42. The predicted molar refractivity (Wildman–Crippen MR) is 57.7 cm³/mol. The second-order valence-electron chi connectivity index (χ2n) is 2.43. The Balaban J connectivity index is 0.000000720. The van der Waals surface area contributed by atoms with E-state index in [1.807, 2.05) is 24.3 Å². The van der Waals surface area contributed by atoms with Crippen LogP contribution in [0.25, 0.3) is 10.9 Å². The summed E-state index contributed by atoms with van der Waals surface area (Å²) in [5.74, 6) is 0.701. The Hall–Kier alpha value is -0.670. The van der Waals surface area contributed by atoms with Gasteiger partial charge in [-0.3, -0.25) is 0 Å². The van der Waals surface area contributed by atoms with Crippen molar-refractivity contribution in [1.82, 2.24) is 4.98 Å². The topological polar surface area (TPSA) is 41.8 Å². The van der Waals surface area contributed by atoms with Crippen LogP contribution in [0.4, 0.5) is 5.82 Å². The van der Waals surface area contributed by atoms with Gasteiger partial charge in [0.2, 0.25) is 0 Å². The van der Waals surface area contributed by atoms with E-state index in [9.17, 15) is 0 Å². The number of hydrogen-bond donors (Lipinski definition) is 2. The maximum absolute atomic E-state index is 5.58. The van der Waals surface area contributed by atoms with Crippen LogP contribution in [0.1, 0.15) is 0 Å². The molecule has 3 N–H and O–H groups in total. The molecule has 2 rings (SSSR count). The summed E-state index contributed by atoms with van der Waals surface area (Å²) in [6.07, 6.45) is 0. The molecule has 0 saturated carbocycles. The fourth-order valence-electron chi connectivity index (χ4n) is 1.14. The minimum Gasteiger partial charge on any atom is -0.385 e. The smallest absolute Gasteiger partial charge is 0.101 e. The van der Waals surface area contributed by atoms with Crippen LogP contribution < -0.4 is 5.73 Å². The summed E-state index contributed by atoms with van der Waals surface area (Å²) in [5, 5.41) is 1.14. The van der Waals surface area contributed by atoms with Gasteiger partial charge in [-0.25, -0.2) is 0 Å². The summed E-state index contributed by atoms with van der Waals surface area (Å²) in [7, 11) is 0. The highest BCUT2D eigenvalue weighted by molar-refractivity contribution is 9.10. The highest BCUT2D eigenvalue weighted by Crippen LogP contribution is 2.24. The molecule has 0 aliphatic rings. The Kier molecular flexibility index (Phi) is 2.65. The summed E-state index contributed by atoms with van der Waals surface area (Å²) in [5.41, 5.74) is 6.64. The van der Waals surface area contributed by atoms with Gasteiger partial charge in [0.15, 0.2) is 0 Å². The van der Waals surface area contributed by atoms with E-state index in [0.717, 1.165) is 15.4 Å². The molecule has 0 aliphatic heterocycles. The normalized spacial score (nSPS) is 9.75. The molecule has 0 fully saturated rings. The molecule has 4 heteroatoms. The summed E-state index contributed by atoms with van der Waals surface area (Å²) in [4.78, 5) is 3.06. The van der Waals surface area contributed by atoms with E-state index in [0.29, 0.717) is 5.82 Å². The van der Waals surface area contributed by atoms with E-state index < -0.39 is 0 Å². The molecule has 64 valence electrons. The van der Waals surface area contributed by atoms with Crippen LogP contribution in [0.2, 0.25) is 0 Å². The molecule has 0 amide bonds. The van der Waals surface area contributed by atoms with Crippen molar-refractivity contribution < 1.29 is 0 Å². The first-order chi connectivity index (χ1) is 5.27. The number of hydrogen-bond acceptors (Lipinski definition) is 1. The fourth-order valence-corrected chi connectivity index (χ4v) is 1.62. The fraction of sp³-hybridized carbons (Fsp3) is 0. The Bertz CT molecular complexity index is 397. The third-order valence-electron chi connectivity index (χ3n) is 1.63. The van der Waals surface area contributed by atoms with Crippen LogP contribution in [0.15, 0.2) is 28.7 Å². The zero-order valence-electron chi connectivity index (χ0n) is 6.17. The minimum absolute atomic E-state index is 0. The number of nitrogens with one attached hydrogen (secondary N) is 1. The van der Waals surface area contributed by atoms with Gasteiger partial charge < -0.3 is 10.7 Å². The minimum atomic E-state index is 0. The van der Waals surface area contributed by atoms with Crippen molar-refractivity contribution in [3.63, 3.8) is 0 Å². The number of para-hydroxylation sites is 1. The Morgan fingerprint density at radius 2 is 2.08 bits per heavy atom. The maximum Gasteiger partial charge on any atom is 0.101 e. The number of benzene rings is 1. The van der Waals surface area contributed by atoms with Crippen molar-refractivity contribution >= 4 is 45.1 Å². The summed E-state index contributed by atoms with van der Waals surface area (Å²) < 4.78 is 1.05. The average molecular weight is 248 g/mol. The van der Waals surface area contributed by atoms with Gasteiger partial charge in [-0.15, -0.1) is 12.4 Å². The molecule has 0 saturated heterocycles. The molecule has 0 aliphatic carbocycles. The van der Waals surface area contributed by atoms with Crippen molar-refractivity contribution in [3.8, 4) is 0 Å². The lowest BCUT2D eigenvalue weighted by atomic mass is 10.2. The van der Waals surface area contributed by atoms with Gasteiger partial charge in [0.1, 0.15) is 5.82 Å². The van der Waals surface area contributed by atoms with Gasteiger partial charge in [0, 0.05) is 9.86 Å². The van der Waals surface area contributed by atoms with E-state index in [-0.39, 0.29) is 12.4 Å². The molecule has 12 heavy (non-hydrogen) atoms. The van der Waals surface area contributed by atoms with Crippen molar-refractivity contribution in [2.24, 2.45) is 0 Å². The van der Waals surface area contributed by atoms with Crippen LogP contribution in [0, 0.1) is 0 Å². The molecule has 0 spiro atoms. The van der Waals surface area contributed by atoms with Gasteiger partial charge in [-0.1, -0.05) is 12.1 Å². The number of nitrogens with two attached hydrogens (primary N) is 1. The molecule has 0 radical (unpaired) electrons. The Morgan fingerprint density at radius 1 is 1.33 bits per heavy atom. The summed E-state index contributed by atoms with van der Waals surface area (Å²) >= 11 is 3.42. The highest BCUT2D eigenvalue weighted by atomic mass is 79.9. The van der Waals surface area contributed by atoms with Crippen LogP contribution in [-0.2, 0) is 0 Å². The lowest BCUT2D eigenvalue weighted by Gasteiger charge is -1.90. The number of halogens is 2. The lowest BCUT2D eigenvalue weighted by molar-refractivity contribution is 1.46. The van der Waals surface area contributed by atoms with Gasteiger partial charge in [-0.2, -0.15) is 0 Å². The van der Waals surface area contributed by atoms with Gasteiger partial charge >= 0.3 is 0 Å². The number of anilines is 1. The molecule has 1 heterocycles. The predicted octanol–water partition coefficient (Wildman–Crippen LogP) is 2.93. The molecule has 1 aromatic carbocycles. The number of aromatic amines is 1. The SMILES string of the molecule is Cl.Nc1cc2cccc(Br)c2[nH]1. The van der Waals surface area contributed by atoms with E-state index >= 15 is 0 Å². The van der Waals surface area contributed by atoms with E-state index in [4.69, 9.17) is 5.73 Å². The zero-order chi connectivity index (χ0) is 7.84. The van der Waals surface area contributed by atoms with E-state index in [2.05, 4.69) is 20.9 Å². The van der Waals surface area contributed by atoms with Crippen molar-refractivity contribution in [2.45, 2.75) is 0 Å². The molecular weight excluding hydrogens is 239 g/mol. The standard InChI is InChI=1S/C8H7BrN2.ClH/c9-6-3-1-2-5-4-7(10)11-8(5)6;/h1-4,11H,10H2;1H. The number of rotatable bonds is 0. The largest absolute Gasteiger partial charge is 0.385 e. The Labute approximate surface area is 84.7 Å². The van der Waals surface area contributed by atoms with Crippen molar-refractivity contribution in [2.75, 3.05) is 5.73 Å². The second-order valence-corrected chi connectivity index (χ2v) is 3.28. The number of H-pyrrole nitrogens is 1. The summed E-state index contributed by atoms with van der Waals surface area (Å²) in [6, 6.07) is 7.91. The van der Waals surface area contributed by atoms with Crippen LogP contribution in [0.3, 0.4) is 0 Å². The molecule has 0 atom stereocenters. The van der Waals surface area contributed by atoms with Crippen molar-refractivity contribution in [1.29, 1.82) is 0 Å². The molecular formula is C8H8BrClN2. The molecule has 0 bridgehead atoms. The monoisotopic (exact) mass is 246 g/mol. The van der Waals surface area contributed by atoms with Crippen LogP contribution >= 0.6 is 28.3 Å². The first-order valence-corrected chi connectivity index (χ1v) is 4.09.